The molecular formula is C24H34O4. The SMILES string of the molecule is CC(=O)O[C@@]1(C(C)=O)CC[C@H]2[C@@H]3C[C@H](C)C4=CC(=O)CC[C@]4(C)[C@H]3CC[C@@]21C. The zero-order valence-corrected chi connectivity index (χ0v) is 18.0. The lowest BCUT2D eigenvalue weighted by Crippen LogP contribution is -2.59. The largest absolute Gasteiger partial charge is 0.451 e. The van der Waals surface area contributed by atoms with Crippen LogP contribution in [-0.2, 0) is 19.1 Å². The highest BCUT2D eigenvalue weighted by molar-refractivity contribution is 5.92. The number of esters is 1. The second-order valence-electron chi connectivity index (χ2n) is 10.5. The molecule has 4 nitrogen and oxygen atoms in total. The summed E-state index contributed by atoms with van der Waals surface area (Å²) >= 11 is 0. The first kappa shape index (κ1) is 19.8. The van der Waals surface area contributed by atoms with Crippen molar-refractivity contribution in [2.75, 3.05) is 0 Å². The van der Waals surface area contributed by atoms with Crippen molar-refractivity contribution in [2.24, 2.45) is 34.5 Å². The van der Waals surface area contributed by atoms with Crippen molar-refractivity contribution in [1.82, 2.24) is 0 Å². The van der Waals surface area contributed by atoms with E-state index in [1.807, 2.05) is 6.08 Å². The van der Waals surface area contributed by atoms with E-state index in [0.29, 0.717) is 36.5 Å². The molecule has 3 saturated carbocycles. The lowest BCUT2D eigenvalue weighted by atomic mass is 9.44. The first-order chi connectivity index (χ1) is 13.0. The number of allylic oxidation sites excluding steroid dienone is 1. The monoisotopic (exact) mass is 386 g/mol. The van der Waals surface area contributed by atoms with E-state index < -0.39 is 5.60 Å². The van der Waals surface area contributed by atoms with Crippen LogP contribution in [0.25, 0.3) is 0 Å². The van der Waals surface area contributed by atoms with E-state index in [1.165, 1.54) is 12.5 Å². The summed E-state index contributed by atoms with van der Waals surface area (Å²) in [7, 11) is 0. The number of ether oxygens (including phenoxy) is 1. The van der Waals surface area contributed by atoms with Crippen molar-refractivity contribution in [2.45, 2.75) is 85.2 Å². The van der Waals surface area contributed by atoms with Crippen LogP contribution in [0, 0.1) is 34.5 Å². The summed E-state index contributed by atoms with van der Waals surface area (Å²) in [6.07, 6.45) is 8.19. The third-order valence-electron chi connectivity index (χ3n) is 9.29. The van der Waals surface area contributed by atoms with E-state index in [0.717, 1.165) is 32.1 Å². The number of fused-ring (bicyclic) bond motifs is 5. The smallest absolute Gasteiger partial charge is 0.303 e. The molecule has 0 N–H and O–H groups in total. The van der Waals surface area contributed by atoms with Crippen molar-refractivity contribution in [3.63, 3.8) is 0 Å². The average Bonchev–Trinajstić information content (AvgIpc) is 2.90. The molecule has 0 heterocycles. The molecule has 4 aliphatic rings. The Balaban J connectivity index is 1.73. The number of carbonyl (C=O) groups is 3. The molecule has 28 heavy (non-hydrogen) atoms. The molecule has 7 atom stereocenters. The van der Waals surface area contributed by atoms with Gasteiger partial charge in [-0.15, -0.1) is 0 Å². The van der Waals surface area contributed by atoms with Crippen molar-refractivity contribution in [3.05, 3.63) is 11.6 Å². The number of rotatable bonds is 2. The van der Waals surface area contributed by atoms with Crippen LogP contribution in [0.2, 0.25) is 0 Å². The topological polar surface area (TPSA) is 60.4 Å². The molecule has 0 aliphatic heterocycles. The average molecular weight is 387 g/mol. The maximum Gasteiger partial charge on any atom is 0.303 e. The Hall–Kier alpha value is -1.45. The lowest BCUT2D eigenvalue weighted by molar-refractivity contribution is -0.187. The minimum absolute atomic E-state index is 0.00469. The van der Waals surface area contributed by atoms with Gasteiger partial charge in [0.15, 0.2) is 17.2 Å². The molecule has 4 rings (SSSR count). The van der Waals surface area contributed by atoms with Gasteiger partial charge in [-0.2, -0.15) is 0 Å². The summed E-state index contributed by atoms with van der Waals surface area (Å²) in [6.45, 7) is 9.87. The van der Waals surface area contributed by atoms with E-state index in [1.54, 1.807) is 6.92 Å². The van der Waals surface area contributed by atoms with Crippen molar-refractivity contribution in [3.8, 4) is 0 Å². The van der Waals surface area contributed by atoms with E-state index in [-0.39, 0.29) is 28.4 Å². The molecule has 0 saturated heterocycles. The van der Waals surface area contributed by atoms with Gasteiger partial charge >= 0.3 is 5.97 Å². The first-order valence-corrected chi connectivity index (χ1v) is 11.0. The fourth-order valence-electron chi connectivity index (χ4n) is 8.05. The highest BCUT2D eigenvalue weighted by Gasteiger charge is 2.68. The van der Waals surface area contributed by atoms with Gasteiger partial charge in [-0.05, 0) is 80.6 Å². The molecule has 154 valence electrons. The van der Waals surface area contributed by atoms with Gasteiger partial charge in [0, 0.05) is 18.8 Å². The van der Waals surface area contributed by atoms with Crippen LogP contribution in [0.5, 0.6) is 0 Å². The van der Waals surface area contributed by atoms with Crippen LogP contribution in [0.3, 0.4) is 0 Å². The summed E-state index contributed by atoms with van der Waals surface area (Å²) in [6, 6.07) is 0. The van der Waals surface area contributed by atoms with E-state index in [2.05, 4.69) is 20.8 Å². The predicted molar refractivity (Wildman–Crippen MR) is 106 cm³/mol. The molecule has 0 amide bonds. The Kier molecular flexibility index (Phi) is 4.45. The van der Waals surface area contributed by atoms with Gasteiger partial charge in [-0.1, -0.05) is 26.3 Å². The van der Waals surface area contributed by atoms with Crippen LogP contribution in [0.15, 0.2) is 11.6 Å². The van der Waals surface area contributed by atoms with Crippen LogP contribution in [0.1, 0.15) is 79.6 Å². The van der Waals surface area contributed by atoms with E-state index in [4.69, 9.17) is 4.74 Å². The van der Waals surface area contributed by atoms with Crippen LogP contribution >= 0.6 is 0 Å². The maximum atomic E-state index is 12.8. The number of carbonyl (C=O) groups excluding carboxylic acids is 3. The van der Waals surface area contributed by atoms with E-state index >= 15 is 0 Å². The Morgan fingerprint density at radius 1 is 1.07 bits per heavy atom. The van der Waals surface area contributed by atoms with Crippen LogP contribution in [-0.4, -0.2) is 23.1 Å². The van der Waals surface area contributed by atoms with Crippen molar-refractivity contribution >= 4 is 17.5 Å². The van der Waals surface area contributed by atoms with Gasteiger partial charge < -0.3 is 4.74 Å². The molecule has 0 aromatic heterocycles. The second kappa shape index (κ2) is 6.27. The lowest BCUT2D eigenvalue weighted by Gasteiger charge is -2.60. The molecule has 0 bridgehead atoms. The molecule has 4 aliphatic carbocycles. The van der Waals surface area contributed by atoms with Gasteiger partial charge in [-0.3, -0.25) is 14.4 Å². The fraction of sp³-hybridized carbons (Fsp3) is 0.792. The zero-order chi connectivity index (χ0) is 20.5. The summed E-state index contributed by atoms with van der Waals surface area (Å²) in [5.74, 6) is 1.82. The van der Waals surface area contributed by atoms with Gasteiger partial charge in [0.05, 0.1) is 0 Å². The standard InChI is InChI=1S/C24H34O4/c1-14-12-18-19(22(4)9-6-17(27)13-21(14)22)7-10-23(5)20(18)8-11-24(23,15(2)25)28-16(3)26/h13-14,18-20H,6-12H2,1-5H3/t14-,18+,19-,20-,22+,23-,24+/m0/s1. The minimum Gasteiger partial charge on any atom is -0.451 e. The Labute approximate surface area is 168 Å². The number of hydrogen-bond acceptors (Lipinski definition) is 4. The number of Topliss-reactive ketones (excluding diaryl/α,β-unsaturated/α-hetero) is 1. The number of ketones is 2. The Bertz CT molecular complexity index is 767. The molecule has 0 spiro atoms. The van der Waals surface area contributed by atoms with Crippen molar-refractivity contribution in [1.29, 1.82) is 0 Å². The molecule has 0 radical (unpaired) electrons. The maximum absolute atomic E-state index is 12.8. The van der Waals surface area contributed by atoms with Gasteiger partial charge in [0.1, 0.15) is 0 Å². The Morgan fingerprint density at radius 3 is 2.39 bits per heavy atom. The first-order valence-electron chi connectivity index (χ1n) is 11.0. The van der Waals surface area contributed by atoms with E-state index in [9.17, 15) is 14.4 Å². The van der Waals surface area contributed by atoms with Crippen LogP contribution < -0.4 is 0 Å². The fourth-order valence-corrected chi connectivity index (χ4v) is 8.05. The highest BCUT2D eigenvalue weighted by atomic mass is 16.6. The molecule has 0 unspecified atom stereocenters. The normalized spacial score (nSPS) is 47.5. The van der Waals surface area contributed by atoms with Gasteiger partial charge in [-0.25, -0.2) is 0 Å². The molecular weight excluding hydrogens is 352 g/mol. The van der Waals surface area contributed by atoms with Gasteiger partial charge in [0.25, 0.3) is 0 Å². The van der Waals surface area contributed by atoms with Crippen LogP contribution in [0.4, 0.5) is 0 Å². The quantitative estimate of drug-likeness (QED) is 0.648. The molecule has 4 heteroatoms. The Morgan fingerprint density at radius 2 is 1.75 bits per heavy atom. The molecule has 3 fully saturated rings. The van der Waals surface area contributed by atoms with Gasteiger partial charge in [0.2, 0.25) is 0 Å². The minimum atomic E-state index is -0.961. The zero-order valence-electron chi connectivity index (χ0n) is 18.0. The highest BCUT2D eigenvalue weighted by Crippen LogP contribution is 2.69. The van der Waals surface area contributed by atoms with Crippen molar-refractivity contribution < 1.29 is 19.1 Å². The third-order valence-corrected chi connectivity index (χ3v) is 9.29. The predicted octanol–water partition coefficient (Wildman–Crippen LogP) is 4.66. The summed E-state index contributed by atoms with van der Waals surface area (Å²) in [5.41, 5.74) is 0.218. The third kappa shape index (κ3) is 2.45. The second-order valence-corrected chi connectivity index (χ2v) is 10.5. The summed E-state index contributed by atoms with van der Waals surface area (Å²) < 4.78 is 5.84. The summed E-state index contributed by atoms with van der Waals surface area (Å²) in [4.78, 5) is 36.8. The molecule has 0 aromatic rings. The molecule has 0 aromatic carbocycles. The summed E-state index contributed by atoms with van der Waals surface area (Å²) in [5, 5.41) is 0. The number of hydrogen-bond donors (Lipinski definition) is 0.